The monoisotopic (exact) mass is 302 g/mol. The minimum absolute atomic E-state index is 0.245. The van der Waals surface area contributed by atoms with Crippen molar-refractivity contribution in [1.82, 2.24) is 15.5 Å². The van der Waals surface area contributed by atoms with Gasteiger partial charge in [0.25, 0.3) is 0 Å². The van der Waals surface area contributed by atoms with Gasteiger partial charge in [0.1, 0.15) is 16.9 Å². The molecular weight excluding hydrogens is 288 g/mol. The van der Waals surface area contributed by atoms with Gasteiger partial charge in [-0.2, -0.15) is 0 Å². The van der Waals surface area contributed by atoms with Crippen molar-refractivity contribution in [2.24, 2.45) is 0 Å². The summed E-state index contributed by atoms with van der Waals surface area (Å²) in [5.41, 5.74) is 3.42. The van der Waals surface area contributed by atoms with Gasteiger partial charge in [0, 0.05) is 10.9 Å². The highest BCUT2D eigenvalue weighted by Crippen LogP contribution is 2.29. The fraction of sp³-hybridized carbons (Fsp3) is 0.214. The Bertz CT molecular complexity index is 766. The number of aromatic nitrogens is 2. The zero-order chi connectivity index (χ0) is 14.8. The molecule has 2 N–H and O–H groups in total. The van der Waals surface area contributed by atoms with E-state index in [-0.39, 0.29) is 12.1 Å². The Labute approximate surface area is 125 Å². The summed E-state index contributed by atoms with van der Waals surface area (Å²) < 4.78 is 5.83. The van der Waals surface area contributed by atoms with Crippen LogP contribution in [-0.2, 0) is 0 Å². The molecule has 108 valence electrons. The number of nitrogens with zero attached hydrogens (tertiary/aromatic N) is 2. The van der Waals surface area contributed by atoms with Crippen LogP contribution in [-0.4, -0.2) is 16.2 Å². The molecule has 2 heterocycles. The molecule has 1 aromatic carbocycles. The van der Waals surface area contributed by atoms with E-state index in [0.717, 1.165) is 22.3 Å². The van der Waals surface area contributed by atoms with Crippen LogP contribution in [0.5, 0.6) is 0 Å². The van der Waals surface area contributed by atoms with Crippen molar-refractivity contribution in [3.63, 3.8) is 0 Å². The van der Waals surface area contributed by atoms with E-state index in [9.17, 15) is 4.79 Å². The number of aryl methyl sites for hydroxylation is 1. The summed E-state index contributed by atoms with van der Waals surface area (Å²) in [7, 11) is 0. The minimum atomic E-state index is -0.334. The molecule has 0 aliphatic heterocycles. The fourth-order valence-electron chi connectivity index (χ4n) is 2.23. The molecule has 0 aliphatic rings. The molecule has 2 amide bonds. The summed E-state index contributed by atoms with van der Waals surface area (Å²) in [5, 5.41) is 14.4. The maximum absolute atomic E-state index is 11.9. The van der Waals surface area contributed by atoms with E-state index in [1.807, 2.05) is 38.1 Å². The van der Waals surface area contributed by atoms with Crippen LogP contribution in [0.2, 0.25) is 0 Å². The summed E-state index contributed by atoms with van der Waals surface area (Å²) in [6.07, 6.45) is 0. The minimum Gasteiger partial charge on any atom is -0.459 e. The lowest BCUT2D eigenvalue weighted by Crippen LogP contribution is -2.31. The normalized spacial score (nSPS) is 12.3. The van der Waals surface area contributed by atoms with Crippen molar-refractivity contribution in [2.45, 2.75) is 19.9 Å². The molecule has 7 heteroatoms. The Kier molecular flexibility index (Phi) is 3.57. The number of hydrogen-bond donors (Lipinski definition) is 2. The number of rotatable bonds is 3. The third-order valence-electron chi connectivity index (χ3n) is 3.20. The van der Waals surface area contributed by atoms with Crippen LogP contribution in [0, 0.1) is 6.92 Å². The van der Waals surface area contributed by atoms with E-state index in [4.69, 9.17) is 4.42 Å². The van der Waals surface area contributed by atoms with Gasteiger partial charge in [-0.15, -0.1) is 10.2 Å². The van der Waals surface area contributed by atoms with Crippen molar-refractivity contribution in [3.05, 3.63) is 41.1 Å². The van der Waals surface area contributed by atoms with Crippen molar-refractivity contribution in [1.29, 1.82) is 0 Å². The first kappa shape index (κ1) is 13.6. The highest BCUT2D eigenvalue weighted by Gasteiger charge is 2.18. The van der Waals surface area contributed by atoms with E-state index in [1.54, 1.807) is 5.51 Å². The molecule has 0 fully saturated rings. The maximum Gasteiger partial charge on any atom is 0.321 e. The van der Waals surface area contributed by atoms with Gasteiger partial charge in [0.15, 0.2) is 0 Å². The van der Waals surface area contributed by atoms with Gasteiger partial charge >= 0.3 is 6.03 Å². The molecule has 2 aromatic heterocycles. The van der Waals surface area contributed by atoms with E-state index >= 15 is 0 Å². The van der Waals surface area contributed by atoms with Gasteiger partial charge in [0.05, 0.1) is 6.04 Å². The molecule has 1 unspecified atom stereocenters. The van der Waals surface area contributed by atoms with Crippen molar-refractivity contribution in [2.75, 3.05) is 5.32 Å². The zero-order valence-corrected chi connectivity index (χ0v) is 12.4. The second-order valence-corrected chi connectivity index (χ2v) is 5.48. The largest absolute Gasteiger partial charge is 0.459 e. The van der Waals surface area contributed by atoms with Crippen molar-refractivity contribution < 1.29 is 9.21 Å². The number of hydrogen-bond acceptors (Lipinski definition) is 5. The molecule has 0 saturated heterocycles. The molecule has 3 rings (SSSR count). The molecule has 0 saturated carbocycles. The quantitative estimate of drug-likeness (QED) is 0.776. The molecule has 6 nitrogen and oxygen atoms in total. The van der Waals surface area contributed by atoms with Crippen LogP contribution in [0.15, 0.2) is 34.2 Å². The predicted octanol–water partition coefficient (Wildman–Crippen LogP) is 3.48. The highest BCUT2D eigenvalue weighted by molar-refractivity contribution is 7.13. The maximum atomic E-state index is 11.9. The Balaban J connectivity index is 1.76. The lowest BCUT2D eigenvalue weighted by Gasteiger charge is -2.12. The Hall–Kier alpha value is -2.41. The summed E-state index contributed by atoms with van der Waals surface area (Å²) in [5.74, 6) is 0.753. The van der Waals surface area contributed by atoms with Crippen LogP contribution >= 0.6 is 11.3 Å². The lowest BCUT2D eigenvalue weighted by atomic mass is 10.1. The Morgan fingerprint density at radius 1 is 1.38 bits per heavy atom. The first-order chi connectivity index (χ1) is 10.1. The highest BCUT2D eigenvalue weighted by atomic mass is 32.1. The van der Waals surface area contributed by atoms with Gasteiger partial charge in [-0.25, -0.2) is 4.79 Å². The average molecular weight is 302 g/mol. The van der Waals surface area contributed by atoms with Gasteiger partial charge in [-0.1, -0.05) is 29.5 Å². The fourth-order valence-corrected chi connectivity index (χ4v) is 2.67. The van der Waals surface area contributed by atoms with Crippen molar-refractivity contribution in [3.8, 4) is 0 Å². The first-order valence-corrected chi connectivity index (χ1v) is 7.35. The molecule has 0 spiro atoms. The third-order valence-corrected chi connectivity index (χ3v) is 3.81. The predicted molar refractivity (Wildman–Crippen MR) is 81.4 cm³/mol. The smallest absolute Gasteiger partial charge is 0.321 e. The number of carbonyl (C=O) groups excluding carboxylic acids is 1. The average Bonchev–Trinajstić information content (AvgIpc) is 3.07. The standard InChI is InChI=1S/C14H14N4O2S/c1-8-10-5-3-4-6-11(10)20-12(8)9(2)16-13(19)17-14-18-15-7-21-14/h3-7,9H,1-2H3,(H2,16,17,18,19). The topological polar surface area (TPSA) is 80.0 Å². The second-order valence-electron chi connectivity index (χ2n) is 4.65. The van der Waals surface area contributed by atoms with Crippen molar-refractivity contribution >= 4 is 33.5 Å². The number of anilines is 1. The van der Waals surface area contributed by atoms with Crippen LogP contribution in [0.3, 0.4) is 0 Å². The summed E-state index contributed by atoms with van der Waals surface area (Å²) in [6, 6.07) is 7.24. The molecule has 0 bridgehead atoms. The molecule has 3 aromatic rings. The lowest BCUT2D eigenvalue weighted by molar-refractivity contribution is 0.247. The van der Waals surface area contributed by atoms with Crippen LogP contribution in [0.25, 0.3) is 11.0 Å². The number of fused-ring (bicyclic) bond motifs is 1. The molecule has 1 atom stereocenters. The SMILES string of the molecule is Cc1c(C(C)NC(=O)Nc2nncs2)oc2ccccc12. The number of para-hydroxylation sites is 1. The summed E-state index contributed by atoms with van der Waals surface area (Å²) >= 11 is 1.26. The van der Waals surface area contributed by atoms with E-state index in [1.165, 1.54) is 11.3 Å². The van der Waals surface area contributed by atoms with Gasteiger partial charge < -0.3 is 9.73 Å². The molecular formula is C14H14N4O2S. The zero-order valence-electron chi connectivity index (χ0n) is 11.6. The van der Waals surface area contributed by atoms with E-state index < -0.39 is 0 Å². The van der Waals surface area contributed by atoms with E-state index in [0.29, 0.717) is 5.13 Å². The number of benzene rings is 1. The van der Waals surface area contributed by atoms with Crippen LogP contribution in [0.1, 0.15) is 24.3 Å². The molecule has 21 heavy (non-hydrogen) atoms. The Morgan fingerprint density at radius 2 is 2.19 bits per heavy atom. The summed E-state index contributed by atoms with van der Waals surface area (Å²) in [6.45, 7) is 3.87. The second kappa shape index (κ2) is 5.53. The first-order valence-electron chi connectivity index (χ1n) is 6.47. The van der Waals surface area contributed by atoms with E-state index in [2.05, 4.69) is 20.8 Å². The number of furan rings is 1. The van der Waals surface area contributed by atoms with Gasteiger partial charge in [0.2, 0.25) is 5.13 Å². The van der Waals surface area contributed by atoms with Crippen LogP contribution < -0.4 is 10.6 Å². The number of nitrogens with one attached hydrogen (secondary N) is 2. The molecule has 0 aliphatic carbocycles. The molecule has 0 radical (unpaired) electrons. The van der Waals surface area contributed by atoms with Gasteiger partial charge in [-0.05, 0) is 19.9 Å². The number of urea groups is 1. The number of amides is 2. The summed E-state index contributed by atoms with van der Waals surface area (Å²) in [4.78, 5) is 11.9. The van der Waals surface area contributed by atoms with Gasteiger partial charge in [-0.3, -0.25) is 5.32 Å². The third kappa shape index (κ3) is 2.73. The number of carbonyl (C=O) groups is 1. The van der Waals surface area contributed by atoms with Crippen LogP contribution in [0.4, 0.5) is 9.93 Å². The Morgan fingerprint density at radius 3 is 2.90 bits per heavy atom.